The molecule has 0 aromatic heterocycles. The van der Waals surface area contributed by atoms with Crippen LogP contribution in [0.3, 0.4) is 0 Å². The third-order valence-electron chi connectivity index (χ3n) is 2.52. The van der Waals surface area contributed by atoms with Gasteiger partial charge in [0.05, 0.1) is 5.56 Å². The van der Waals surface area contributed by atoms with E-state index in [2.05, 4.69) is 33.4 Å². The maximum Gasteiger partial charge on any atom is 0.252 e. The highest BCUT2D eigenvalue weighted by atomic mass is 79.9. The fourth-order valence-electron chi connectivity index (χ4n) is 1.67. The molecular formula is C12H11BrClNO. The molecule has 16 heavy (non-hydrogen) atoms. The molecule has 4 heteroatoms. The lowest BCUT2D eigenvalue weighted by Crippen LogP contribution is -2.33. The van der Waals surface area contributed by atoms with Crippen molar-refractivity contribution in [3.63, 3.8) is 0 Å². The normalized spacial score (nSPS) is 15.4. The molecule has 0 spiro atoms. The number of rotatable bonds is 2. The highest BCUT2D eigenvalue weighted by Gasteiger charge is 2.16. The molecule has 0 saturated carbocycles. The SMILES string of the molecule is O=C(NC1CC=CC1)c1cc(Cl)ccc1Br. The van der Waals surface area contributed by atoms with Crippen molar-refractivity contribution in [3.05, 3.63) is 45.4 Å². The average Bonchev–Trinajstić information content (AvgIpc) is 2.74. The van der Waals surface area contributed by atoms with Gasteiger partial charge in [-0.15, -0.1) is 0 Å². The molecule has 1 aromatic rings. The lowest BCUT2D eigenvalue weighted by molar-refractivity contribution is 0.0938. The molecule has 1 aliphatic rings. The Bertz CT molecular complexity index is 437. The number of hydrogen-bond donors (Lipinski definition) is 1. The Kier molecular flexibility index (Phi) is 3.66. The summed E-state index contributed by atoms with van der Waals surface area (Å²) in [5, 5.41) is 3.54. The molecular weight excluding hydrogens is 289 g/mol. The van der Waals surface area contributed by atoms with E-state index in [0.29, 0.717) is 10.6 Å². The van der Waals surface area contributed by atoms with Gasteiger partial charge in [-0.2, -0.15) is 0 Å². The summed E-state index contributed by atoms with van der Waals surface area (Å²) >= 11 is 9.21. The third kappa shape index (κ3) is 2.66. The van der Waals surface area contributed by atoms with Crippen LogP contribution in [-0.4, -0.2) is 11.9 Å². The van der Waals surface area contributed by atoms with Gasteiger partial charge < -0.3 is 5.32 Å². The zero-order valence-corrected chi connectivity index (χ0v) is 10.9. The van der Waals surface area contributed by atoms with Gasteiger partial charge in [-0.25, -0.2) is 0 Å². The first-order chi connectivity index (χ1) is 7.66. The molecule has 84 valence electrons. The minimum absolute atomic E-state index is 0.0805. The van der Waals surface area contributed by atoms with Gasteiger partial charge in [0, 0.05) is 15.5 Å². The van der Waals surface area contributed by atoms with Crippen molar-refractivity contribution in [1.29, 1.82) is 0 Å². The number of halogens is 2. The highest BCUT2D eigenvalue weighted by molar-refractivity contribution is 9.10. The summed E-state index contributed by atoms with van der Waals surface area (Å²) in [4.78, 5) is 11.9. The van der Waals surface area contributed by atoms with Gasteiger partial charge in [-0.3, -0.25) is 4.79 Å². The number of carbonyl (C=O) groups is 1. The van der Waals surface area contributed by atoms with Crippen LogP contribution in [0.4, 0.5) is 0 Å². The summed E-state index contributed by atoms with van der Waals surface area (Å²) in [5.74, 6) is -0.0805. The lowest BCUT2D eigenvalue weighted by Gasteiger charge is -2.13. The van der Waals surface area contributed by atoms with E-state index >= 15 is 0 Å². The summed E-state index contributed by atoms with van der Waals surface area (Å²) in [6.07, 6.45) is 5.98. The van der Waals surface area contributed by atoms with Crippen LogP contribution in [0.2, 0.25) is 5.02 Å². The molecule has 0 atom stereocenters. The zero-order valence-electron chi connectivity index (χ0n) is 8.54. The van der Waals surface area contributed by atoms with Crippen LogP contribution in [0.25, 0.3) is 0 Å². The van der Waals surface area contributed by atoms with E-state index < -0.39 is 0 Å². The largest absolute Gasteiger partial charge is 0.349 e. The number of carbonyl (C=O) groups excluding carboxylic acids is 1. The molecule has 0 radical (unpaired) electrons. The fourth-order valence-corrected chi connectivity index (χ4v) is 2.27. The van der Waals surface area contributed by atoms with Gasteiger partial charge in [0.2, 0.25) is 0 Å². The highest BCUT2D eigenvalue weighted by Crippen LogP contribution is 2.21. The maximum atomic E-state index is 11.9. The van der Waals surface area contributed by atoms with Crippen molar-refractivity contribution >= 4 is 33.4 Å². The Morgan fingerprint density at radius 2 is 2.06 bits per heavy atom. The van der Waals surface area contributed by atoms with Gasteiger partial charge in [0.1, 0.15) is 0 Å². The first-order valence-corrected chi connectivity index (χ1v) is 6.25. The first kappa shape index (κ1) is 11.7. The van der Waals surface area contributed by atoms with Crippen molar-refractivity contribution < 1.29 is 4.79 Å². The molecule has 0 heterocycles. The second-order valence-corrected chi connectivity index (χ2v) is 5.03. The topological polar surface area (TPSA) is 29.1 Å². The third-order valence-corrected chi connectivity index (χ3v) is 3.44. The van der Waals surface area contributed by atoms with E-state index in [0.717, 1.165) is 17.3 Å². The number of benzene rings is 1. The minimum Gasteiger partial charge on any atom is -0.349 e. The van der Waals surface area contributed by atoms with Crippen LogP contribution in [-0.2, 0) is 0 Å². The molecule has 0 aliphatic heterocycles. The minimum atomic E-state index is -0.0805. The summed E-state index contributed by atoms with van der Waals surface area (Å²) in [6, 6.07) is 5.42. The Hall–Kier alpha value is -0.800. The molecule has 2 rings (SSSR count). The molecule has 1 aliphatic carbocycles. The van der Waals surface area contributed by atoms with Crippen LogP contribution in [0.5, 0.6) is 0 Å². The molecule has 0 fully saturated rings. The smallest absolute Gasteiger partial charge is 0.252 e. The average molecular weight is 301 g/mol. The Balaban J connectivity index is 2.10. The second kappa shape index (κ2) is 5.02. The zero-order chi connectivity index (χ0) is 11.5. The van der Waals surface area contributed by atoms with Gasteiger partial charge >= 0.3 is 0 Å². The molecule has 0 bridgehead atoms. The number of nitrogens with one attached hydrogen (secondary N) is 1. The van der Waals surface area contributed by atoms with Gasteiger partial charge in [-0.05, 0) is 47.0 Å². The molecule has 0 saturated heterocycles. The van der Waals surface area contributed by atoms with E-state index in [-0.39, 0.29) is 11.9 Å². The molecule has 1 amide bonds. The van der Waals surface area contributed by atoms with E-state index in [9.17, 15) is 4.79 Å². The van der Waals surface area contributed by atoms with Crippen LogP contribution >= 0.6 is 27.5 Å². The number of amides is 1. The molecule has 2 nitrogen and oxygen atoms in total. The standard InChI is InChI=1S/C12H11BrClNO/c13-11-6-5-8(14)7-10(11)12(16)15-9-3-1-2-4-9/h1-2,5-7,9H,3-4H2,(H,15,16). The molecule has 1 N–H and O–H groups in total. The Morgan fingerprint density at radius 1 is 1.38 bits per heavy atom. The Morgan fingerprint density at radius 3 is 2.75 bits per heavy atom. The van der Waals surface area contributed by atoms with Crippen LogP contribution in [0.15, 0.2) is 34.8 Å². The van der Waals surface area contributed by atoms with Crippen molar-refractivity contribution in [1.82, 2.24) is 5.32 Å². The van der Waals surface area contributed by atoms with Gasteiger partial charge in [0.25, 0.3) is 5.91 Å². The van der Waals surface area contributed by atoms with Crippen molar-refractivity contribution in [3.8, 4) is 0 Å². The van der Waals surface area contributed by atoms with E-state index in [1.54, 1.807) is 18.2 Å². The van der Waals surface area contributed by atoms with Crippen molar-refractivity contribution in [2.24, 2.45) is 0 Å². The van der Waals surface area contributed by atoms with Gasteiger partial charge in [-0.1, -0.05) is 23.8 Å². The van der Waals surface area contributed by atoms with Gasteiger partial charge in [0.15, 0.2) is 0 Å². The summed E-state index contributed by atoms with van der Waals surface area (Å²) in [7, 11) is 0. The van der Waals surface area contributed by atoms with E-state index in [1.807, 2.05) is 0 Å². The van der Waals surface area contributed by atoms with Crippen molar-refractivity contribution in [2.75, 3.05) is 0 Å². The monoisotopic (exact) mass is 299 g/mol. The summed E-state index contributed by atoms with van der Waals surface area (Å²) in [5.41, 5.74) is 0.583. The summed E-state index contributed by atoms with van der Waals surface area (Å²) in [6.45, 7) is 0. The number of hydrogen-bond acceptors (Lipinski definition) is 1. The summed E-state index contributed by atoms with van der Waals surface area (Å²) < 4.78 is 0.764. The van der Waals surface area contributed by atoms with Crippen LogP contribution in [0.1, 0.15) is 23.2 Å². The van der Waals surface area contributed by atoms with E-state index in [1.165, 1.54) is 0 Å². The van der Waals surface area contributed by atoms with E-state index in [4.69, 9.17) is 11.6 Å². The first-order valence-electron chi connectivity index (χ1n) is 5.08. The predicted molar refractivity (Wildman–Crippen MR) is 68.8 cm³/mol. The second-order valence-electron chi connectivity index (χ2n) is 3.74. The maximum absolute atomic E-state index is 11.9. The van der Waals surface area contributed by atoms with Crippen molar-refractivity contribution in [2.45, 2.75) is 18.9 Å². The lowest BCUT2D eigenvalue weighted by atomic mass is 10.2. The fraction of sp³-hybridized carbons (Fsp3) is 0.250. The van der Waals surface area contributed by atoms with Crippen LogP contribution < -0.4 is 5.32 Å². The molecule has 1 aromatic carbocycles. The van der Waals surface area contributed by atoms with Crippen LogP contribution in [0, 0.1) is 0 Å². The predicted octanol–water partition coefficient (Wildman–Crippen LogP) is 3.55. The molecule has 0 unspecified atom stereocenters. The quantitative estimate of drug-likeness (QED) is 0.832. The Labute approximate surface area is 108 Å².